The van der Waals surface area contributed by atoms with Gasteiger partial charge in [-0.05, 0) is 47.8 Å². The van der Waals surface area contributed by atoms with Crippen LogP contribution in [-0.2, 0) is 4.65 Å². The van der Waals surface area contributed by atoms with E-state index in [4.69, 9.17) is 14.1 Å². The molecule has 2 saturated heterocycles. The molecule has 0 spiro atoms. The zero-order valence-electron chi connectivity index (χ0n) is 14.8. The molecule has 1 N–H and O–H groups in total. The molecular weight excluding hydrogens is 349 g/mol. The van der Waals surface area contributed by atoms with Gasteiger partial charge >= 0.3 is 7.12 Å². The number of rotatable bonds is 5. The van der Waals surface area contributed by atoms with Crippen molar-refractivity contribution in [3.8, 4) is 22.6 Å². The standard InChI is InChI=1S/C19H22BNO4S/c1-23-18-3-2-13(7-19(18)25-17-4-5-26-12-17)14-6-15(10-21-9-14)16-8-20(22)24-11-16/h2-3,6-7,9-10,16-17,22H,4-5,8,11-12H2,1H3. The molecule has 2 aromatic rings. The molecule has 0 saturated carbocycles. The fourth-order valence-corrected chi connectivity index (χ4v) is 4.51. The molecule has 4 rings (SSSR count). The van der Waals surface area contributed by atoms with Crippen molar-refractivity contribution in [2.24, 2.45) is 0 Å². The molecule has 0 bridgehead atoms. The van der Waals surface area contributed by atoms with Crippen LogP contribution in [0.3, 0.4) is 0 Å². The number of nitrogens with zero attached hydrogens (tertiary/aromatic N) is 1. The van der Waals surface area contributed by atoms with Crippen molar-refractivity contribution in [2.75, 3.05) is 25.2 Å². The lowest BCUT2D eigenvalue weighted by atomic mass is 9.80. The van der Waals surface area contributed by atoms with Crippen molar-refractivity contribution in [2.45, 2.75) is 24.8 Å². The summed E-state index contributed by atoms with van der Waals surface area (Å²) in [5.74, 6) is 3.88. The van der Waals surface area contributed by atoms with E-state index in [-0.39, 0.29) is 12.0 Å². The van der Waals surface area contributed by atoms with Crippen LogP contribution < -0.4 is 9.47 Å². The minimum atomic E-state index is -0.672. The van der Waals surface area contributed by atoms with Crippen LogP contribution in [0.1, 0.15) is 17.9 Å². The zero-order chi connectivity index (χ0) is 17.9. The highest BCUT2D eigenvalue weighted by Gasteiger charge is 2.30. The van der Waals surface area contributed by atoms with Crippen LogP contribution in [-0.4, -0.2) is 48.5 Å². The Balaban J connectivity index is 1.60. The summed E-state index contributed by atoms with van der Waals surface area (Å²) in [5.41, 5.74) is 3.15. The maximum Gasteiger partial charge on any atom is 0.454 e. The Hall–Kier alpha value is -1.70. The van der Waals surface area contributed by atoms with E-state index >= 15 is 0 Å². The molecule has 2 fully saturated rings. The van der Waals surface area contributed by atoms with Gasteiger partial charge in [-0.3, -0.25) is 4.98 Å². The molecule has 3 heterocycles. The van der Waals surface area contributed by atoms with Gasteiger partial charge in [0, 0.05) is 36.2 Å². The number of thioether (sulfide) groups is 1. The molecule has 0 radical (unpaired) electrons. The number of hydrogen-bond donors (Lipinski definition) is 1. The van der Waals surface area contributed by atoms with Crippen LogP contribution in [0.5, 0.6) is 11.5 Å². The highest BCUT2D eigenvalue weighted by molar-refractivity contribution is 7.99. The fraction of sp³-hybridized carbons (Fsp3) is 0.421. The SMILES string of the molecule is COc1ccc(-c2cncc(C3COB(O)C3)c2)cc1OC1CCSC1. The predicted molar refractivity (Wildman–Crippen MR) is 104 cm³/mol. The van der Waals surface area contributed by atoms with Crippen LogP contribution in [0.15, 0.2) is 36.7 Å². The number of benzene rings is 1. The molecule has 0 amide bonds. The minimum Gasteiger partial charge on any atom is -0.493 e. The number of methoxy groups -OCH3 is 1. The van der Waals surface area contributed by atoms with Gasteiger partial charge in [0.15, 0.2) is 11.5 Å². The van der Waals surface area contributed by atoms with Crippen molar-refractivity contribution in [1.82, 2.24) is 4.98 Å². The number of aromatic nitrogens is 1. The Morgan fingerprint density at radius 1 is 1.23 bits per heavy atom. The van der Waals surface area contributed by atoms with Crippen molar-refractivity contribution in [1.29, 1.82) is 0 Å². The lowest BCUT2D eigenvalue weighted by molar-refractivity contribution is 0.218. The first-order chi connectivity index (χ1) is 12.7. The zero-order valence-corrected chi connectivity index (χ0v) is 15.6. The molecule has 1 aromatic carbocycles. The quantitative estimate of drug-likeness (QED) is 0.815. The molecule has 136 valence electrons. The summed E-state index contributed by atoms with van der Waals surface area (Å²) in [5, 5.41) is 9.60. The van der Waals surface area contributed by atoms with E-state index < -0.39 is 7.12 Å². The van der Waals surface area contributed by atoms with E-state index in [1.807, 2.05) is 42.4 Å². The van der Waals surface area contributed by atoms with Crippen LogP contribution in [0, 0.1) is 0 Å². The van der Waals surface area contributed by atoms with Crippen LogP contribution in [0.25, 0.3) is 11.1 Å². The van der Waals surface area contributed by atoms with Crippen molar-refractivity contribution in [3.05, 3.63) is 42.2 Å². The van der Waals surface area contributed by atoms with Crippen molar-refractivity contribution in [3.63, 3.8) is 0 Å². The second kappa shape index (κ2) is 7.90. The monoisotopic (exact) mass is 371 g/mol. The molecule has 5 nitrogen and oxygen atoms in total. The third-order valence-electron chi connectivity index (χ3n) is 4.89. The molecule has 0 aliphatic carbocycles. The molecule has 26 heavy (non-hydrogen) atoms. The highest BCUT2D eigenvalue weighted by Crippen LogP contribution is 2.36. The Bertz CT molecular complexity index is 769. The van der Waals surface area contributed by atoms with Crippen molar-refractivity contribution < 1.29 is 19.2 Å². The van der Waals surface area contributed by atoms with E-state index in [0.717, 1.165) is 46.1 Å². The summed E-state index contributed by atoms with van der Waals surface area (Å²) in [7, 11) is 0.993. The lowest BCUT2D eigenvalue weighted by Gasteiger charge is -2.17. The lowest BCUT2D eigenvalue weighted by Crippen LogP contribution is -2.15. The maximum atomic E-state index is 9.60. The summed E-state index contributed by atoms with van der Waals surface area (Å²) in [6.07, 6.45) is 5.63. The molecule has 2 aliphatic rings. The number of hydrogen-bond acceptors (Lipinski definition) is 6. The van der Waals surface area contributed by atoms with Gasteiger partial charge in [0.25, 0.3) is 0 Å². The third-order valence-corrected chi connectivity index (χ3v) is 6.02. The third kappa shape index (κ3) is 3.85. The second-order valence-electron chi connectivity index (χ2n) is 6.70. The average molecular weight is 371 g/mol. The highest BCUT2D eigenvalue weighted by atomic mass is 32.2. The smallest absolute Gasteiger partial charge is 0.454 e. The van der Waals surface area contributed by atoms with E-state index in [1.54, 1.807) is 7.11 Å². The summed E-state index contributed by atoms with van der Waals surface area (Å²) < 4.78 is 16.9. The molecule has 1 aromatic heterocycles. The van der Waals surface area contributed by atoms with E-state index in [0.29, 0.717) is 12.9 Å². The Kier molecular flexibility index (Phi) is 5.38. The van der Waals surface area contributed by atoms with Gasteiger partial charge in [-0.25, -0.2) is 0 Å². The van der Waals surface area contributed by atoms with Crippen LogP contribution in [0.4, 0.5) is 0 Å². The van der Waals surface area contributed by atoms with E-state index in [9.17, 15) is 5.02 Å². The first-order valence-corrected chi connectivity index (χ1v) is 10.1. The molecule has 7 heteroatoms. The predicted octanol–water partition coefficient (Wildman–Crippen LogP) is 3.24. The second-order valence-corrected chi connectivity index (χ2v) is 7.85. The minimum absolute atomic E-state index is 0.182. The van der Waals surface area contributed by atoms with Crippen LogP contribution in [0.2, 0.25) is 6.32 Å². The summed E-state index contributed by atoms with van der Waals surface area (Å²) in [4.78, 5) is 4.39. The Labute approximate surface area is 158 Å². The first-order valence-electron chi connectivity index (χ1n) is 8.90. The Morgan fingerprint density at radius 2 is 2.15 bits per heavy atom. The summed E-state index contributed by atoms with van der Waals surface area (Å²) >= 11 is 1.92. The van der Waals surface area contributed by atoms with Gasteiger partial charge in [-0.15, -0.1) is 0 Å². The average Bonchev–Trinajstić information content (AvgIpc) is 3.33. The summed E-state index contributed by atoms with van der Waals surface area (Å²) in [6.45, 7) is 0.530. The van der Waals surface area contributed by atoms with E-state index in [1.165, 1.54) is 0 Å². The normalized spacial score (nSPS) is 22.6. The maximum absolute atomic E-state index is 9.60. The topological polar surface area (TPSA) is 60.8 Å². The molecular formula is C19H22BNO4S. The van der Waals surface area contributed by atoms with Gasteiger partial charge in [-0.2, -0.15) is 11.8 Å². The van der Waals surface area contributed by atoms with Crippen molar-refractivity contribution >= 4 is 18.9 Å². The largest absolute Gasteiger partial charge is 0.493 e. The van der Waals surface area contributed by atoms with Gasteiger partial charge in [0.1, 0.15) is 6.10 Å². The van der Waals surface area contributed by atoms with Crippen LogP contribution >= 0.6 is 11.8 Å². The Morgan fingerprint density at radius 3 is 2.88 bits per heavy atom. The number of ether oxygens (including phenoxy) is 2. The first kappa shape index (κ1) is 17.7. The summed E-state index contributed by atoms with van der Waals surface area (Å²) in [6, 6.07) is 8.12. The van der Waals surface area contributed by atoms with Gasteiger partial charge in [-0.1, -0.05) is 6.07 Å². The van der Waals surface area contributed by atoms with E-state index in [2.05, 4.69) is 11.1 Å². The molecule has 2 atom stereocenters. The van der Waals surface area contributed by atoms with Gasteiger partial charge < -0.3 is 19.2 Å². The number of pyridine rings is 1. The molecule has 2 unspecified atom stereocenters. The molecule has 2 aliphatic heterocycles. The van der Waals surface area contributed by atoms with Gasteiger partial charge in [0.05, 0.1) is 7.11 Å². The fourth-order valence-electron chi connectivity index (χ4n) is 3.41. The van der Waals surface area contributed by atoms with Gasteiger partial charge in [0.2, 0.25) is 0 Å².